The van der Waals surface area contributed by atoms with Crippen LogP contribution in [0.5, 0.6) is 11.5 Å². The van der Waals surface area contributed by atoms with Crippen molar-refractivity contribution in [2.75, 3.05) is 14.2 Å². The van der Waals surface area contributed by atoms with Crippen molar-refractivity contribution >= 4 is 10.9 Å². The number of para-hydroxylation sites is 1. The van der Waals surface area contributed by atoms with Crippen LogP contribution in [-0.2, 0) is 0 Å². The Morgan fingerprint density at radius 3 is 2.61 bits per heavy atom. The highest BCUT2D eigenvalue weighted by Crippen LogP contribution is 2.39. The van der Waals surface area contributed by atoms with Gasteiger partial charge in [0.05, 0.1) is 31.0 Å². The molecule has 136 valence electrons. The summed E-state index contributed by atoms with van der Waals surface area (Å²) < 4.78 is 11.0. The first-order valence-electron chi connectivity index (χ1n) is 8.57. The summed E-state index contributed by atoms with van der Waals surface area (Å²) in [4.78, 5) is 13.1. The Kier molecular flexibility index (Phi) is 4.56. The van der Waals surface area contributed by atoms with Gasteiger partial charge in [-0.1, -0.05) is 12.1 Å². The fourth-order valence-corrected chi connectivity index (χ4v) is 3.18. The number of ether oxygens (including phenoxy) is 2. The molecule has 0 aliphatic carbocycles. The van der Waals surface area contributed by atoms with Crippen LogP contribution in [0.2, 0.25) is 0 Å². The standard InChI is InChI=1S/C22H16N4O2/c1-27-20-5-3-4-17(22(20)28-2)21-18-9-15(6-7-19(18)25-13-26-21)16-8-14(10-23)11-24-12-16/h3-9,11-13H,1-2H3. The molecule has 0 unspecified atom stereocenters. The topological polar surface area (TPSA) is 80.9 Å². The Hall–Kier alpha value is -3.98. The molecule has 0 aliphatic rings. The Bertz CT molecular complexity index is 1210. The third-order valence-electron chi connectivity index (χ3n) is 4.49. The molecule has 2 aromatic carbocycles. The molecule has 28 heavy (non-hydrogen) atoms. The number of benzene rings is 2. The summed E-state index contributed by atoms with van der Waals surface area (Å²) in [5.41, 5.74) is 4.66. The molecule has 0 saturated heterocycles. The zero-order valence-corrected chi connectivity index (χ0v) is 15.4. The zero-order chi connectivity index (χ0) is 19.5. The van der Waals surface area contributed by atoms with Gasteiger partial charge in [0.15, 0.2) is 11.5 Å². The quantitative estimate of drug-likeness (QED) is 0.536. The number of pyridine rings is 1. The van der Waals surface area contributed by atoms with Gasteiger partial charge in [0.2, 0.25) is 0 Å². The molecule has 0 fully saturated rings. The summed E-state index contributed by atoms with van der Waals surface area (Å²) in [6, 6.07) is 15.5. The van der Waals surface area contributed by atoms with Gasteiger partial charge in [-0.15, -0.1) is 0 Å². The highest BCUT2D eigenvalue weighted by Gasteiger charge is 2.16. The van der Waals surface area contributed by atoms with Crippen molar-refractivity contribution < 1.29 is 9.47 Å². The van der Waals surface area contributed by atoms with E-state index in [0.717, 1.165) is 33.3 Å². The number of aromatic nitrogens is 3. The van der Waals surface area contributed by atoms with E-state index < -0.39 is 0 Å². The number of hydrogen-bond acceptors (Lipinski definition) is 6. The van der Waals surface area contributed by atoms with Crippen LogP contribution in [0.25, 0.3) is 33.3 Å². The maximum atomic E-state index is 9.14. The zero-order valence-electron chi connectivity index (χ0n) is 15.4. The summed E-state index contributed by atoms with van der Waals surface area (Å²) in [6.45, 7) is 0. The summed E-state index contributed by atoms with van der Waals surface area (Å²) >= 11 is 0. The smallest absolute Gasteiger partial charge is 0.170 e. The van der Waals surface area contributed by atoms with Crippen molar-refractivity contribution in [1.82, 2.24) is 15.0 Å². The second kappa shape index (κ2) is 7.33. The molecule has 0 spiro atoms. The predicted molar refractivity (Wildman–Crippen MR) is 106 cm³/mol. The van der Waals surface area contributed by atoms with Crippen molar-refractivity contribution in [3.8, 4) is 40.0 Å². The normalized spacial score (nSPS) is 10.5. The second-order valence-corrected chi connectivity index (χ2v) is 6.07. The SMILES string of the molecule is COc1cccc(-c2ncnc3ccc(-c4cncc(C#N)c4)cc23)c1OC. The lowest BCUT2D eigenvalue weighted by atomic mass is 10.00. The maximum absolute atomic E-state index is 9.14. The first kappa shape index (κ1) is 17.4. The number of nitrogens with zero attached hydrogens (tertiary/aromatic N) is 4. The van der Waals surface area contributed by atoms with E-state index in [-0.39, 0.29) is 0 Å². The van der Waals surface area contributed by atoms with Gasteiger partial charge in [0.1, 0.15) is 12.4 Å². The average Bonchev–Trinajstić information content (AvgIpc) is 2.77. The van der Waals surface area contributed by atoms with Crippen LogP contribution in [0.4, 0.5) is 0 Å². The highest BCUT2D eigenvalue weighted by molar-refractivity contribution is 5.96. The summed E-state index contributed by atoms with van der Waals surface area (Å²) in [5.74, 6) is 1.25. The third-order valence-corrected chi connectivity index (χ3v) is 4.49. The molecular weight excluding hydrogens is 352 g/mol. The van der Waals surface area contributed by atoms with Crippen molar-refractivity contribution in [2.24, 2.45) is 0 Å². The summed E-state index contributed by atoms with van der Waals surface area (Å²) in [6.07, 6.45) is 4.81. The first-order valence-corrected chi connectivity index (χ1v) is 8.57. The van der Waals surface area contributed by atoms with Gasteiger partial charge in [-0.2, -0.15) is 5.26 Å². The molecule has 2 aromatic heterocycles. The molecule has 0 N–H and O–H groups in total. The van der Waals surface area contributed by atoms with Gasteiger partial charge in [-0.25, -0.2) is 9.97 Å². The Labute approximate surface area is 162 Å². The van der Waals surface area contributed by atoms with Crippen molar-refractivity contribution in [3.05, 3.63) is 66.7 Å². The maximum Gasteiger partial charge on any atom is 0.170 e. The molecule has 0 bridgehead atoms. The van der Waals surface area contributed by atoms with E-state index in [2.05, 4.69) is 21.0 Å². The monoisotopic (exact) mass is 368 g/mol. The van der Waals surface area contributed by atoms with Crippen molar-refractivity contribution in [1.29, 1.82) is 5.26 Å². The third kappa shape index (κ3) is 2.99. The second-order valence-electron chi connectivity index (χ2n) is 6.07. The van der Waals surface area contributed by atoms with Gasteiger partial charge in [-0.3, -0.25) is 4.98 Å². The Morgan fingerprint density at radius 1 is 0.929 bits per heavy atom. The van der Waals surface area contributed by atoms with E-state index in [1.165, 1.54) is 6.33 Å². The first-order chi connectivity index (χ1) is 13.7. The average molecular weight is 368 g/mol. The van der Waals surface area contributed by atoms with E-state index in [0.29, 0.717) is 17.1 Å². The van der Waals surface area contributed by atoms with E-state index in [9.17, 15) is 0 Å². The van der Waals surface area contributed by atoms with Crippen LogP contribution in [-0.4, -0.2) is 29.2 Å². The molecule has 2 heterocycles. The molecule has 0 radical (unpaired) electrons. The number of rotatable bonds is 4. The van der Waals surface area contributed by atoms with Gasteiger partial charge in [0, 0.05) is 28.9 Å². The number of nitriles is 1. The number of hydrogen-bond donors (Lipinski definition) is 0. The van der Waals surface area contributed by atoms with Crippen LogP contribution < -0.4 is 9.47 Å². The van der Waals surface area contributed by atoms with E-state index in [4.69, 9.17) is 14.7 Å². The van der Waals surface area contributed by atoms with E-state index in [1.54, 1.807) is 26.6 Å². The molecule has 6 heteroatoms. The largest absolute Gasteiger partial charge is 0.493 e. The number of methoxy groups -OCH3 is 2. The minimum Gasteiger partial charge on any atom is -0.493 e. The molecule has 0 amide bonds. The van der Waals surface area contributed by atoms with Crippen molar-refractivity contribution in [2.45, 2.75) is 0 Å². The fourth-order valence-electron chi connectivity index (χ4n) is 3.18. The summed E-state index contributed by atoms with van der Waals surface area (Å²) in [5, 5.41) is 10.0. The van der Waals surface area contributed by atoms with E-state index >= 15 is 0 Å². The van der Waals surface area contributed by atoms with E-state index in [1.807, 2.05) is 42.5 Å². The van der Waals surface area contributed by atoms with Crippen LogP contribution in [0.1, 0.15) is 5.56 Å². The van der Waals surface area contributed by atoms with Crippen molar-refractivity contribution in [3.63, 3.8) is 0 Å². The number of fused-ring (bicyclic) bond motifs is 1. The van der Waals surface area contributed by atoms with Crippen LogP contribution >= 0.6 is 0 Å². The molecular formula is C22H16N4O2. The lowest BCUT2D eigenvalue weighted by Crippen LogP contribution is -1.96. The van der Waals surface area contributed by atoms with Crippen LogP contribution in [0.15, 0.2) is 61.2 Å². The molecule has 0 aliphatic heterocycles. The molecule has 0 saturated carbocycles. The fraction of sp³-hybridized carbons (Fsp3) is 0.0909. The molecule has 0 atom stereocenters. The Morgan fingerprint density at radius 2 is 1.82 bits per heavy atom. The Balaban J connectivity index is 1.95. The minimum absolute atomic E-state index is 0.511. The highest BCUT2D eigenvalue weighted by atomic mass is 16.5. The molecule has 4 aromatic rings. The lowest BCUT2D eigenvalue weighted by Gasteiger charge is -2.14. The van der Waals surface area contributed by atoms with Crippen LogP contribution in [0.3, 0.4) is 0 Å². The van der Waals surface area contributed by atoms with Gasteiger partial charge in [-0.05, 0) is 35.9 Å². The predicted octanol–water partition coefficient (Wildman–Crippen LogP) is 4.25. The van der Waals surface area contributed by atoms with Gasteiger partial charge >= 0.3 is 0 Å². The van der Waals surface area contributed by atoms with Gasteiger partial charge < -0.3 is 9.47 Å². The lowest BCUT2D eigenvalue weighted by molar-refractivity contribution is 0.356. The van der Waals surface area contributed by atoms with Gasteiger partial charge in [0.25, 0.3) is 0 Å². The summed E-state index contributed by atoms with van der Waals surface area (Å²) in [7, 11) is 3.21. The molecule has 6 nitrogen and oxygen atoms in total. The molecule has 4 rings (SSSR count). The van der Waals surface area contributed by atoms with Crippen LogP contribution in [0, 0.1) is 11.3 Å². The minimum atomic E-state index is 0.511.